The van der Waals surface area contributed by atoms with Crippen molar-refractivity contribution in [3.05, 3.63) is 35.5 Å². The topological polar surface area (TPSA) is 17.0 Å². The molecule has 0 radical (unpaired) electrons. The highest BCUT2D eigenvalue weighted by Crippen LogP contribution is 2.37. The Kier molecular flexibility index (Phi) is 3.58. The number of hydrogen-bond donors (Lipinski definition) is 1. The highest BCUT2D eigenvalue weighted by Gasteiger charge is 2.34. The second-order valence-corrected chi connectivity index (χ2v) is 4.89. The van der Waals surface area contributed by atoms with Crippen LogP contribution in [-0.2, 0) is 12.7 Å². The Bertz CT molecular complexity index is 582. The second-order valence-electron chi connectivity index (χ2n) is 4.89. The Hall–Kier alpha value is -1.49. The molecule has 1 N–H and O–H groups in total. The molecule has 0 aliphatic heterocycles. The molecule has 0 amide bonds. The van der Waals surface area contributed by atoms with Crippen molar-refractivity contribution in [2.75, 3.05) is 7.05 Å². The monoisotopic (exact) mass is 270 g/mol. The molecule has 0 saturated heterocycles. The van der Waals surface area contributed by atoms with E-state index in [9.17, 15) is 13.2 Å². The molecule has 0 atom stereocenters. The van der Waals surface area contributed by atoms with Crippen LogP contribution in [0.15, 0.2) is 24.4 Å². The van der Waals surface area contributed by atoms with Gasteiger partial charge in [-0.25, -0.2) is 0 Å². The summed E-state index contributed by atoms with van der Waals surface area (Å²) < 4.78 is 41.1. The molecule has 0 fully saturated rings. The van der Waals surface area contributed by atoms with Gasteiger partial charge in [0.05, 0.1) is 11.1 Å². The van der Waals surface area contributed by atoms with E-state index in [4.69, 9.17) is 0 Å². The second kappa shape index (κ2) is 4.89. The van der Waals surface area contributed by atoms with Gasteiger partial charge in [0.2, 0.25) is 0 Å². The van der Waals surface area contributed by atoms with Crippen LogP contribution in [0.5, 0.6) is 0 Å². The van der Waals surface area contributed by atoms with E-state index in [1.807, 2.05) is 13.8 Å². The summed E-state index contributed by atoms with van der Waals surface area (Å²) in [5.41, 5.74) is 0.591. The Morgan fingerprint density at radius 1 is 1.26 bits per heavy atom. The summed E-state index contributed by atoms with van der Waals surface area (Å²) in [6.07, 6.45) is -2.53. The minimum Gasteiger partial charge on any atom is -0.344 e. The number of para-hydroxylation sites is 1. The van der Waals surface area contributed by atoms with Gasteiger partial charge in [-0.2, -0.15) is 13.2 Å². The van der Waals surface area contributed by atoms with E-state index in [1.54, 1.807) is 23.9 Å². The first-order chi connectivity index (χ1) is 8.86. The summed E-state index contributed by atoms with van der Waals surface area (Å²) in [7, 11) is 1.78. The van der Waals surface area contributed by atoms with E-state index < -0.39 is 11.7 Å². The fourth-order valence-electron chi connectivity index (χ4n) is 2.35. The number of nitrogens with zero attached hydrogens (tertiary/aromatic N) is 1. The lowest BCUT2D eigenvalue weighted by Gasteiger charge is -2.14. The summed E-state index contributed by atoms with van der Waals surface area (Å²) in [5.74, 6) is 0. The van der Waals surface area contributed by atoms with Crippen LogP contribution < -0.4 is 5.32 Å². The van der Waals surface area contributed by atoms with Gasteiger partial charge in [-0.05, 0) is 32.5 Å². The molecule has 0 aliphatic rings. The maximum Gasteiger partial charge on any atom is 0.418 e. The van der Waals surface area contributed by atoms with Gasteiger partial charge < -0.3 is 9.88 Å². The molecular weight excluding hydrogens is 253 g/mol. The van der Waals surface area contributed by atoms with Gasteiger partial charge in [-0.1, -0.05) is 12.1 Å². The lowest BCUT2D eigenvalue weighted by atomic mass is 10.1. The van der Waals surface area contributed by atoms with Crippen LogP contribution >= 0.6 is 0 Å². The zero-order valence-electron chi connectivity index (χ0n) is 11.2. The molecule has 2 nitrogen and oxygen atoms in total. The summed E-state index contributed by atoms with van der Waals surface area (Å²) >= 11 is 0. The van der Waals surface area contributed by atoms with Crippen molar-refractivity contribution in [1.29, 1.82) is 0 Å². The molecule has 104 valence electrons. The van der Waals surface area contributed by atoms with Crippen molar-refractivity contribution in [2.45, 2.75) is 32.6 Å². The molecule has 1 aromatic heterocycles. The van der Waals surface area contributed by atoms with E-state index in [0.29, 0.717) is 11.9 Å². The highest BCUT2D eigenvalue weighted by atomic mass is 19.4. The zero-order chi connectivity index (χ0) is 14.2. The van der Waals surface area contributed by atoms with Crippen molar-refractivity contribution in [1.82, 2.24) is 9.88 Å². The number of aromatic nitrogens is 1. The number of benzene rings is 1. The molecule has 1 heterocycles. The van der Waals surface area contributed by atoms with Crippen LogP contribution in [0.25, 0.3) is 10.9 Å². The Labute approximate surface area is 110 Å². The molecular formula is C14H17F3N2. The van der Waals surface area contributed by atoms with Gasteiger partial charge in [-0.15, -0.1) is 0 Å². The predicted octanol–water partition coefficient (Wildman–Crippen LogP) is 3.96. The van der Waals surface area contributed by atoms with Crippen LogP contribution in [-0.4, -0.2) is 11.6 Å². The van der Waals surface area contributed by atoms with Crippen molar-refractivity contribution >= 4 is 10.9 Å². The Morgan fingerprint density at radius 3 is 2.47 bits per heavy atom. The number of alkyl halides is 3. The van der Waals surface area contributed by atoms with Gasteiger partial charge in [0.15, 0.2) is 0 Å². The third-order valence-corrected chi connectivity index (χ3v) is 3.16. The predicted molar refractivity (Wildman–Crippen MR) is 70.1 cm³/mol. The average molecular weight is 270 g/mol. The van der Waals surface area contributed by atoms with Crippen LogP contribution in [0.1, 0.15) is 31.0 Å². The lowest BCUT2D eigenvalue weighted by molar-refractivity contribution is -0.136. The van der Waals surface area contributed by atoms with Crippen LogP contribution in [0.3, 0.4) is 0 Å². The number of nitrogens with one attached hydrogen (secondary N) is 1. The molecule has 0 aliphatic carbocycles. The van der Waals surface area contributed by atoms with Crippen molar-refractivity contribution in [3.8, 4) is 0 Å². The van der Waals surface area contributed by atoms with Gasteiger partial charge in [0.1, 0.15) is 0 Å². The van der Waals surface area contributed by atoms with E-state index in [-0.39, 0.29) is 11.6 Å². The van der Waals surface area contributed by atoms with Crippen molar-refractivity contribution in [2.24, 2.45) is 0 Å². The Morgan fingerprint density at radius 2 is 1.95 bits per heavy atom. The maximum atomic E-state index is 13.1. The zero-order valence-corrected chi connectivity index (χ0v) is 11.2. The third kappa shape index (κ3) is 2.47. The van der Waals surface area contributed by atoms with Gasteiger partial charge in [-0.3, -0.25) is 0 Å². The fraction of sp³-hybridized carbons (Fsp3) is 0.429. The van der Waals surface area contributed by atoms with E-state index in [2.05, 4.69) is 5.32 Å². The van der Waals surface area contributed by atoms with Crippen LogP contribution in [0.4, 0.5) is 13.2 Å². The average Bonchev–Trinajstić information content (AvgIpc) is 2.67. The van der Waals surface area contributed by atoms with Gasteiger partial charge >= 0.3 is 6.18 Å². The summed E-state index contributed by atoms with van der Waals surface area (Å²) in [5, 5.41) is 3.66. The fourth-order valence-corrected chi connectivity index (χ4v) is 2.35. The number of hydrogen-bond acceptors (Lipinski definition) is 1. The van der Waals surface area contributed by atoms with Gasteiger partial charge in [0, 0.05) is 24.2 Å². The van der Waals surface area contributed by atoms with Crippen molar-refractivity contribution < 1.29 is 13.2 Å². The standard InChI is InChI=1S/C14H17F3N2/c1-9(2)19-8-10(7-18-3)11-5-4-6-12(13(11)19)14(15,16)17/h4-6,8-9,18H,7H2,1-3H3. The van der Waals surface area contributed by atoms with Crippen LogP contribution in [0.2, 0.25) is 0 Å². The molecule has 0 unspecified atom stereocenters. The molecule has 19 heavy (non-hydrogen) atoms. The third-order valence-electron chi connectivity index (χ3n) is 3.16. The highest BCUT2D eigenvalue weighted by molar-refractivity contribution is 5.87. The molecule has 5 heteroatoms. The summed E-state index contributed by atoms with van der Waals surface area (Å²) in [6, 6.07) is 4.34. The summed E-state index contributed by atoms with van der Waals surface area (Å²) in [4.78, 5) is 0. The summed E-state index contributed by atoms with van der Waals surface area (Å²) in [6.45, 7) is 4.32. The van der Waals surface area contributed by atoms with E-state index in [0.717, 1.165) is 11.6 Å². The number of fused-ring (bicyclic) bond motifs is 1. The molecule has 2 rings (SSSR count). The van der Waals surface area contributed by atoms with Crippen LogP contribution in [0, 0.1) is 0 Å². The smallest absolute Gasteiger partial charge is 0.344 e. The minimum atomic E-state index is -4.33. The first kappa shape index (κ1) is 13.9. The SMILES string of the molecule is CNCc1cn(C(C)C)c2c(C(F)(F)F)cccc12. The Balaban J connectivity index is 2.79. The van der Waals surface area contributed by atoms with Gasteiger partial charge in [0.25, 0.3) is 0 Å². The number of halogens is 3. The molecule has 0 saturated carbocycles. The van der Waals surface area contributed by atoms with E-state index >= 15 is 0 Å². The molecule has 1 aromatic carbocycles. The minimum absolute atomic E-state index is 0.0170. The first-order valence-electron chi connectivity index (χ1n) is 6.20. The largest absolute Gasteiger partial charge is 0.418 e. The number of rotatable bonds is 3. The molecule has 2 aromatic rings. The van der Waals surface area contributed by atoms with E-state index in [1.165, 1.54) is 6.07 Å². The van der Waals surface area contributed by atoms with Crippen molar-refractivity contribution in [3.63, 3.8) is 0 Å². The molecule has 0 bridgehead atoms. The quantitative estimate of drug-likeness (QED) is 0.893. The normalized spacial score (nSPS) is 12.6. The first-order valence-corrected chi connectivity index (χ1v) is 6.20. The molecule has 0 spiro atoms. The maximum absolute atomic E-state index is 13.1. The lowest BCUT2D eigenvalue weighted by Crippen LogP contribution is -2.09.